The molecule has 1 atom stereocenters. The minimum absolute atomic E-state index is 0.00149. The largest absolute Gasteiger partial charge is 0.341 e. The van der Waals surface area contributed by atoms with Gasteiger partial charge in [-0.25, -0.2) is 0 Å². The maximum absolute atomic E-state index is 13.2. The first kappa shape index (κ1) is 20.5. The van der Waals surface area contributed by atoms with Crippen LogP contribution in [0.1, 0.15) is 74.6 Å². The Kier molecular flexibility index (Phi) is 5.46. The van der Waals surface area contributed by atoms with E-state index in [0.29, 0.717) is 29.9 Å². The van der Waals surface area contributed by atoms with Crippen LogP contribution in [0.3, 0.4) is 0 Å². The Balaban J connectivity index is 1.28. The van der Waals surface area contributed by atoms with Crippen molar-refractivity contribution in [2.75, 3.05) is 6.54 Å². The summed E-state index contributed by atoms with van der Waals surface area (Å²) in [4.78, 5) is 32.2. The monoisotopic (exact) mass is 442 g/mol. The van der Waals surface area contributed by atoms with Crippen molar-refractivity contribution in [3.63, 3.8) is 0 Å². The topological polar surface area (TPSA) is 88.3 Å². The molecule has 2 saturated carbocycles. The molecule has 0 spiro atoms. The summed E-state index contributed by atoms with van der Waals surface area (Å²) in [6, 6.07) is 7.45. The van der Waals surface area contributed by atoms with Crippen molar-refractivity contribution < 1.29 is 14.1 Å². The van der Waals surface area contributed by atoms with E-state index in [2.05, 4.69) is 15.5 Å². The predicted molar refractivity (Wildman–Crippen MR) is 114 cm³/mol. The van der Waals surface area contributed by atoms with Crippen molar-refractivity contribution in [2.45, 2.75) is 69.4 Å². The molecule has 31 heavy (non-hydrogen) atoms. The zero-order valence-corrected chi connectivity index (χ0v) is 18.2. The fraction of sp³-hybridized carbons (Fsp3) is 0.565. The van der Waals surface area contributed by atoms with Gasteiger partial charge in [-0.3, -0.25) is 9.59 Å². The van der Waals surface area contributed by atoms with Gasteiger partial charge in [0.2, 0.25) is 11.8 Å². The number of amides is 2. The maximum atomic E-state index is 13.2. The number of hydrogen-bond donors (Lipinski definition) is 1. The summed E-state index contributed by atoms with van der Waals surface area (Å²) in [5.74, 6) is 1.23. The Morgan fingerprint density at radius 2 is 1.94 bits per heavy atom. The molecule has 2 heterocycles. The fourth-order valence-corrected chi connectivity index (χ4v) is 4.86. The van der Waals surface area contributed by atoms with Crippen LogP contribution in [-0.2, 0) is 21.7 Å². The summed E-state index contributed by atoms with van der Waals surface area (Å²) in [6.07, 6.45) is 7.17. The van der Waals surface area contributed by atoms with E-state index in [4.69, 9.17) is 16.1 Å². The standard InChI is InChI=1S/C23H27ClN4O3/c24-18-8-4-15(5-9-18)13-28-14-17(12-19(28)29)21(30)26-23(10-2-1-3-11-23)22-25-20(27-31-22)16-6-7-16/h4-5,8-9,16-17H,1-3,6-7,10-14H2,(H,26,30). The number of hydrogen-bond acceptors (Lipinski definition) is 5. The van der Waals surface area contributed by atoms with E-state index >= 15 is 0 Å². The van der Waals surface area contributed by atoms with Crippen LogP contribution in [0.15, 0.2) is 28.8 Å². The zero-order chi connectivity index (χ0) is 21.4. The zero-order valence-electron chi connectivity index (χ0n) is 17.5. The quantitative estimate of drug-likeness (QED) is 0.732. The van der Waals surface area contributed by atoms with Gasteiger partial charge in [-0.15, -0.1) is 0 Å². The molecule has 3 aliphatic rings. The number of carbonyl (C=O) groups excluding carboxylic acids is 2. The van der Waals surface area contributed by atoms with Crippen molar-refractivity contribution in [3.8, 4) is 0 Å². The first-order valence-electron chi connectivity index (χ1n) is 11.2. The van der Waals surface area contributed by atoms with E-state index in [1.807, 2.05) is 24.3 Å². The van der Waals surface area contributed by atoms with Gasteiger partial charge in [0.25, 0.3) is 5.89 Å². The van der Waals surface area contributed by atoms with Gasteiger partial charge in [-0.1, -0.05) is 48.2 Å². The molecule has 8 heteroatoms. The average Bonchev–Trinajstić information content (AvgIpc) is 3.38. The molecule has 2 aromatic rings. The van der Waals surface area contributed by atoms with Crippen LogP contribution in [0.25, 0.3) is 0 Å². The molecule has 5 rings (SSSR count). The van der Waals surface area contributed by atoms with Crippen LogP contribution in [0.5, 0.6) is 0 Å². The lowest BCUT2D eigenvalue weighted by Crippen LogP contribution is -2.50. The lowest BCUT2D eigenvalue weighted by molar-refractivity contribution is -0.130. The summed E-state index contributed by atoms with van der Waals surface area (Å²) in [5.41, 5.74) is 0.392. The molecule has 1 N–H and O–H groups in total. The van der Waals surface area contributed by atoms with Crippen molar-refractivity contribution in [1.29, 1.82) is 0 Å². The highest BCUT2D eigenvalue weighted by atomic mass is 35.5. The van der Waals surface area contributed by atoms with E-state index in [1.54, 1.807) is 4.90 Å². The van der Waals surface area contributed by atoms with Crippen molar-refractivity contribution in [1.82, 2.24) is 20.4 Å². The van der Waals surface area contributed by atoms with Crippen molar-refractivity contribution in [3.05, 3.63) is 46.6 Å². The van der Waals surface area contributed by atoms with Crippen molar-refractivity contribution >= 4 is 23.4 Å². The molecule has 0 bridgehead atoms. The summed E-state index contributed by atoms with van der Waals surface area (Å²) in [6.45, 7) is 0.903. The second-order valence-corrected chi connectivity index (χ2v) is 9.60. The summed E-state index contributed by atoms with van der Waals surface area (Å²) >= 11 is 5.95. The van der Waals surface area contributed by atoms with E-state index in [0.717, 1.165) is 56.3 Å². The first-order valence-corrected chi connectivity index (χ1v) is 11.6. The van der Waals surface area contributed by atoms with Crippen molar-refractivity contribution in [2.24, 2.45) is 5.92 Å². The summed E-state index contributed by atoms with van der Waals surface area (Å²) < 4.78 is 5.64. The number of nitrogens with one attached hydrogen (secondary N) is 1. The Labute approximate surface area is 186 Å². The third kappa shape index (κ3) is 4.33. The molecular formula is C23H27ClN4O3. The molecule has 2 aliphatic carbocycles. The fourth-order valence-electron chi connectivity index (χ4n) is 4.73. The maximum Gasteiger partial charge on any atom is 0.252 e. The van der Waals surface area contributed by atoms with Gasteiger partial charge in [-0.2, -0.15) is 4.98 Å². The molecule has 1 aromatic carbocycles. The average molecular weight is 443 g/mol. The molecule has 1 aromatic heterocycles. The highest BCUT2D eigenvalue weighted by Gasteiger charge is 2.44. The summed E-state index contributed by atoms with van der Waals surface area (Å²) in [5, 5.41) is 8.08. The molecule has 1 saturated heterocycles. The van der Waals surface area contributed by atoms with Crippen LogP contribution in [0.4, 0.5) is 0 Å². The smallest absolute Gasteiger partial charge is 0.252 e. The molecule has 0 radical (unpaired) electrons. The highest BCUT2D eigenvalue weighted by molar-refractivity contribution is 6.30. The molecule has 164 valence electrons. The van der Waals surface area contributed by atoms with Gasteiger partial charge < -0.3 is 14.7 Å². The predicted octanol–water partition coefficient (Wildman–Crippen LogP) is 3.92. The Bertz CT molecular complexity index is 963. The normalized spacial score (nSPS) is 23.2. The molecule has 7 nitrogen and oxygen atoms in total. The lowest BCUT2D eigenvalue weighted by atomic mass is 9.81. The van der Waals surface area contributed by atoms with Crippen LogP contribution >= 0.6 is 11.6 Å². The van der Waals surface area contributed by atoms with Gasteiger partial charge in [0.15, 0.2) is 5.82 Å². The molecular weight excluding hydrogens is 416 g/mol. The minimum Gasteiger partial charge on any atom is -0.341 e. The molecule has 2 amide bonds. The Hall–Kier alpha value is -2.41. The van der Waals surface area contributed by atoms with E-state index in [-0.39, 0.29) is 24.2 Å². The van der Waals surface area contributed by atoms with E-state index in [9.17, 15) is 9.59 Å². The van der Waals surface area contributed by atoms with E-state index < -0.39 is 5.54 Å². The molecule has 1 unspecified atom stereocenters. The number of carbonyl (C=O) groups is 2. The Morgan fingerprint density at radius 3 is 2.65 bits per heavy atom. The lowest BCUT2D eigenvalue weighted by Gasteiger charge is -2.35. The van der Waals surface area contributed by atoms with Gasteiger partial charge in [0.1, 0.15) is 5.54 Å². The first-order chi connectivity index (χ1) is 15.0. The second kappa shape index (κ2) is 8.26. The van der Waals surface area contributed by atoms with Gasteiger partial charge >= 0.3 is 0 Å². The highest BCUT2D eigenvalue weighted by Crippen LogP contribution is 2.41. The third-order valence-corrected chi connectivity index (χ3v) is 6.99. The second-order valence-electron chi connectivity index (χ2n) is 9.17. The van der Waals surface area contributed by atoms with Crippen LogP contribution in [0, 0.1) is 5.92 Å². The summed E-state index contributed by atoms with van der Waals surface area (Å²) in [7, 11) is 0. The van der Waals surface area contributed by atoms with E-state index in [1.165, 1.54) is 0 Å². The number of rotatable bonds is 6. The minimum atomic E-state index is -0.609. The van der Waals surface area contributed by atoms with Gasteiger partial charge in [-0.05, 0) is 43.4 Å². The molecule has 1 aliphatic heterocycles. The van der Waals surface area contributed by atoms with Gasteiger partial charge in [0.05, 0.1) is 5.92 Å². The number of aromatic nitrogens is 2. The number of nitrogens with zero attached hydrogens (tertiary/aromatic N) is 3. The number of likely N-dealkylation sites (tertiary alicyclic amines) is 1. The van der Waals surface area contributed by atoms with Crippen LogP contribution in [0.2, 0.25) is 5.02 Å². The number of halogens is 1. The third-order valence-electron chi connectivity index (χ3n) is 6.74. The van der Waals surface area contributed by atoms with Crippen LogP contribution in [-0.4, -0.2) is 33.4 Å². The number of benzene rings is 1. The van der Waals surface area contributed by atoms with Crippen LogP contribution < -0.4 is 5.32 Å². The molecule has 3 fully saturated rings. The Morgan fingerprint density at radius 1 is 1.19 bits per heavy atom. The van der Waals surface area contributed by atoms with Gasteiger partial charge in [0, 0.05) is 30.5 Å². The SMILES string of the molecule is O=C(NC1(c2nc(C3CC3)no2)CCCCC1)C1CC(=O)N(Cc2ccc(Cl)cc2)C1.